The van der Waals surface area contributed by atoms with Gasteiger partial charge in [-0.3, -0.25) is 9.36 Å². The van der Waals surface area contributed by atoms with E-state index in [1.54, 1.807) is 29.8 Å². The summed E-state index contributed by atoms with van der Waals surface area (Å²) in [5, 5.41) is 17.8. The highest BCUT2D eigenvalue weighted by Crippen LogP contribution is 2.34. The lowest BCUT2D eigenvalue weighted by Gasteiger charge is -2.24. The third-order valence-electron chi connectivity index (χ3n) is 6.19. The van der Waals surface area contributed by atoms with Crippen LogP contribution in [0.3, 0.4) is 0 Å². The molecule has 9 nitrogen and oxygen atoms in total. The number of para-hydroxylation sites is 1. The largest absolute Gasteiger partial charge is 0.398 e. The molecule has 0 radical (unpaired) electrons. The van der Waals surface area contributed by atoms with Gasteiger partial charge in [-0.15, -0.1) is 0 Å². The van der Waals surface area contributed by atoms with Crippen molar-refractivity contribution < 1.29 is 9.63 Å². The van der Waals surface area contributed by atoms with Crippen molar-refractivity contribution in [2.75, 3.05) is 17.7 Å². The smallest absolute Gasteiger partial charge is 0.264 e. The van der Waals surface area contributed by atoms with Crippen LogP contribution in [0.1, 0.15) is 36.5 Å². The first-order valence-electron chi connectivity index (χ1n) is 12.2. The number of fused-ring (bicyclic) bond motifs is 1. The maximum absolute atomic E-state index is 14.1. The number of aryl methyl sites for hydroxylation is 1. The van der Waals surface area contributed by atoms with Crippen molar-refractivity contribution in [2.45, 2.75) is 26.3 Å². The van der Waals surface area contributed by atoms with E-state index in [2.05, 4.69) is 32.3 Å². The third-order valence-corrected chi connectivity index (χ3v) is 6.19. The quantitative estimate of drug-likeness (QED) is 0.292. The van der Waals surface area contributed by atoms with Crippen molar-refractivity contribution in [1.29, 1.82) is 0 Å². The molecule has 0 aliphatic carbocycles. The van der Waals surface area contributed by atoms with Crippen LogP contribution in [0.15, 0.2) is 76.2 Å². The minimum absolute atomic E-state index is 0.208. The van der Waals surface area contributed by atoms with Gasteiger partial charge in [-0.05, 0) is 49.1 Å². The minimum Gasteiger partial charge on any atom is -0.398 e. The van der Waals surface area contributed by atoms with Gasteiger partial charge in [0.15, 0.2) is 5.82 Å². The standard InChI is InChI=1S/C29H26N6O3/c1-3-23(33-27-26(22(30)14-15-31-27)28-32-18(2)34-38-28)24-17-20-10-7-9-19(11-8-16-36)25(20)29(37)35(24)21-12-5-4-6-13-21/h4-7,9-10,12-15,17,23,36H,3,16H2,1-2H3,(H3,30,31,33)/t23-/m0/s1. The molecule has 0 bridgehead atoms. The highest BCUT2D eigenvalue weighted by Gasteiger charge is 2.23. The summed E-state index contributed by atoms with van der Waals surface area (Å²) in [6.07, 6.45) is 2.23. The van der Waals surface area contributed by atoms with Gasteiger partial charge in [0.1, 0.15) is 18.0 Å². The van der Waals surface area contributed by atoms with Crippen LogP contribution in [0.4, 0.5) is 11.5 Å². The maximum Gasteiger partial charge on any atom is 0.264 e. The number of benzene rings is 2. The fraction of sp³-hybridized carbons (Fsp3) is 0.172. The Morgan fingerprint density at radius 2 is 1.97 bits per heavy atom. The van der Waals surface area contributed by atoms with E-state index in [-0.39, 0.29) is 24.1 Å². The first-order chi connectivity index (χ1) is 18.5. The lowest BCUT2D eigenvalue weighted by molar-refractivity contribution is 0.350. The van der Waals surface area contributed by atoms with Crippen molar-refractivity contribution >= 4 is 22.3 Å². The molecular weight excluding hydrogens is 480 g/mol. The minimum atomic E-state index is -0.337. The van der Waals surface area contributed by atoms with Gasteiger partial charge in [-0.1, -0.05) is 54.3 Å². The summed E-state index contributed by atoms with van der Waals surface area (Å²) in [7, 11) is 0. The SMILES string of the molecule is CC[C@H](Nc1nccc(N)c1-c1nc(C)no1)c1cc2cccc(C#CCO)c2c(=O)n1-c1ccccc1. The van der Waals surface area contributed by atoms with Crippen LogP contribution in [0.5, 0.6) is 0 Å². The van der Waals surface area contributed by atoms with Gasteiger partial charge in [0.25, 0.3) is 11.4 Å². The molecule has 9 heteroatoms. The number of aromatic nitrogens is 4. The van der Waals surface area contributed by atoms with Gasteiger partial charge in [0.2, 0.25) is 0 Å². The molecule has 0 aliphatic heterocycles. The Morgan fingerprint density at radius 1 is 1.16 bits per heavy atom. The van der Waals surface area contributed by atoms with Crippen molar-refractivity contribution in [3.63, 3.8) is 0 Å². The van der Waals surface area contributed by atoms with Crippen molar-refractivity contribution in [3.05, 3.63) is 94.3 Å². The summed E-state index contributed by atoms with van der Waals surface area (Å²) in [6, 6.07) is 18.3. The normalized spacial score (nSPS) is 11.7. The molecule has 3 aromatic heterocycles. The van der Waals surface area contributed by atoms with Gasteiger partial charge < -0.3 is 20.7 Å². The molecule has 0 saturated carbocycles. The van der Waals surface area contributed by atoms with E-state index >= 15 is 0 Å². The van der Waals surface area contributed by atoms with Gasteiger partial charge in [-0.2, -0.15) is 4.98 Å². The summed E-state index contributed by atoms with van der Waals surface area (Å²) in [5.74, 6) is 6.78. The van der Waals surface area contributed by atoms with E-state index in [0.29, 0.717) is 46.0 Å². The predicted molar refractivity (Wildman–Crippen MR) is 147 cm³/mol. The second kappa shape index (κ2) is 10.6. The van der Waals surface area contributed by atoms with Gasteiger partial charge in [0, 0.05) is 28.8 Å². The Morgan fingerprint density at radius 3 is 2.68 bits per heavy atom. The third kappa shape index (κ3) is 4.61. The Hall–Kier alpha value is -4.94. The number of pyridine rings is 2. The van der Waals surface area contributed by atoms with Gasteiger partial charge in [-0.25, -0.2) is 4.98 Å². The van der Waals surface area contributed by atoms with Crippen LogP contribution >= 0.6 is 0 Å². The maximum atomic E-state index is 14.1. The topological polar surface area (TPSA) is 132 Å². The summed E-state index contributed by atoms with van der Waals surface area (Å²) >= 11 is 0. The molecule has 4 N–H and O–H groups in total. The first kappa shape index (κ1) is 24.7. The molecule has 5 aromatic rings. The van der Waals surface area contributed by atoms with Crippen LogP contribution in [-0.4, -0.2) is 31.4 Å². The summed E-state index contributed by atoms with van der Waals surface area (Å²) in [4.78, 5) is 23.0. The number of nitrogens with zero attached hydrogens (tertiary/aromatic N) is 4. The highest BCUT2D eigenvalue weighted by molar-refractivity contribution is 5.88. The van der Waals surface area contributed by atoms with E-state index in [1.807, 2.05) is 55.5 Å². The number of aliphatic hydroxyl groups is 1. The molecule has 0 aliphatic rings. The molecule has 190 valence electrons. The molecule has 3 heterocycles. The van der Waals surface area contributed by atoms with E-state index in [1.165, 1.54) is 0 Å². The number of aliphatic hydroxyl groups excluding tert-OH is 1. The zero-order chi connectivity index (χ0) is 26.6. The second-order valence-electron chi connectivity index (χ2n) is 8.65. The van der Waals surface area contributed by atoms with Crippen LogP contribution in [0, 0.1) is 18.8 Å². The average molecular weight is 507 g/mol. The van der Waals surface area contributed by atoms with Gasteiger partial charge in [0.05, 0.1) is 11.4 Å². The lowest BCUT2D eigenvalue weighted by Crippen LogP contribution is -2.27. The summed E-state index contributed by atoms with van der Waals surface area (Å²) in [6.45, 7) is 3.46. The molecule has 0 fully saturated rings. The molecule has 0 spiro atoms. The fourth-order valence-electron chi connectivity index (χ4n) is 4.48. The molecule has 2 aromatic carbocycles. The summed E-state index contributed by atoms with van der Waals surface area (Å²) in [5.41, 5.74) is 9.04. The second-order valence-corrected chi connectivity index (χ2v) is 8.65. The van der Waals surface area contributed by atoms with Crippen LogP contribution < -0.4 is 16.6 Å². The molecule has 1 atom stereocenters. The zero-order valence-electron chi connectivity index (χ0n) is 21.0. The molecular formula is C29H26N6O3. The first-order valence-corrected chi connectivity index (χ1v) is 12.2. The van der Waals surface area contributed by atoms with Crippen molar-refractivity contribution in [3.8, 4) is 29.0 Å². The Kier molecular flexibility index (Phi) is 6.89. The number of nitrogens with two attached hydrogens (primary N) is 1. The fourth-order valence-corrected chi connectivity index (χ4v) is 4.48. The number of anilines is 2. The molecule has 5 rings (SSSR count). The van der Waals surface area contributed by atoms with Crippen LogP contribution in [-0.2, 0) is 0 Å². The molecule has 0 amide bonds. The zero-order valence-corrected chi connectivity index (χ0v) is 21.0. The monoisotopic (exact) mass is 506 g/mol. The van der Waals surface area contributed by atoms with E-state index < -0.39 is 0 Å². The number of hydrogen-bond acceptors (Lipinski definition) is 8. The number of hydrogen-bond donors (Lipinski definition) is 3. The Bertz CT molecular complexity index is 1730. The van der Waals surface area contributed by atoms with E-state index in [9.17, 15) is 9.90 Å². The molecule has 0 saturated heterocycles. The predicted octanol–water partition coefficient (Wildman–Crippen LogP) is 4.23. The number of nitrogens with one attached hydrogen (secondary N) is 1. The van der Waals surface area contributed by atoms with E-state index in [0.717, 1.165) is 11.1 Å². The average Bonchev–Trinajstić information content (AvgIpc) is 3.36. The van der Waals surface area contributed by atoms with Gasteiger partial charge >= 0.3 is 0 Å². The Labute approximate surface area is 219 Å². The van der Waals surface area contributed by atoms with E-state index in [4.69, 9.17) is 10.3 Å². The van der Waals surface area contributed by atoms with Crippen molar-refractivity contribution in [1.82, 2.24) is 19.7 Å². The number of rotatable bonds is 6. The molecule has 0 unspecified atom stereocenters. The van der Waals surface area contributed by atoms with Crippen LogP contribution in [0.25, 0.3) is 27.9 Å². The highest BCUT2D eigenvalue weighted by atomic mass is 16.5. The number of nitrogen functional groups attached to an aromatic ring is 1. The molecule has 38 heavy (non-hydrogen) atoms. The summed E-state index contributed by atoms with van der Waals surface area (Å²) < 4.78 is 7.09. The van der Waals surface area contributed by atoms with Crippen molar-refractivity contribution in [2.24, 2.45) is 0 Å². The lowest BCUT2D eigenvalue weighted by atomic mass is 10.0. The van der Waals surface area contributed by atoms with Crippen LogP contribution in [0.2, 0.25) is 0 Å². The Balaban J connectivity index is 1.72.